The van der Waals surface area contributed by atoms with E-state index in [9.17, 15) is 4.79 Å². The molecule has 0 aliphatic heterocycles. The molecular formula is C12H14N2O. The van der Waals surface area contributed by atoms with Crippen molar-refractivity contribution in [3.8, 4) is 5.69 Å². The van der Waals surface area contributed by atoms with E-state index in [0.717, 1.165) is 5.69 Å². The second-order valence-electron chi connectivity index (χ2n) is 3.79. The van der Waals surface area contributed by atoms with Crippen LogP contribution in [-0.2, 0) is 0 Å². The Morgan fingerprint density at radius 1 is 1.07 bits per heavy atom. The summed E-state index contributed by atoms with van der Waals surface area (Å²) in [6, 6.07) is 9.83. The summed E-state index contributed by atoms with van der Waals surface area (Å²) in [6.07, 6.45) is 3.62. The summed E-state index contributed by atoms with van der Waals surface area (Å²) in [7, 11) is 0. The molecule has 0 unspecified atom stereocenters. The first-order valence-electron chi connectivity index (χ1n) is 5.05. The van der Waals surface area contributed by atoms with Crippen LogP contribution in [0.2, 0.25) is 0 Å². The van der Waals surface area contributed by atoms with Crippen LogP contribution in [0.1, 0.15) is 19.9 Å². The zero-order valence-corrected chi connectivity index (χ0v) is 8.92. The maximum absolute atomic E-state index is 11.9. The molecule has 0 atom stereocenters. The Morgan fingerprint density at radius 2 is 1.73 bits per heavy atom. The highest BCUT2D eigenvalue weighted by Crippen LogP contribution is 2.06. The number of nitrogens with zero attached hydrogens (tertiary/aromatic N) is 2. The highest BCUT2D eigenvalue weighted by molar-refractivity contribution is 5.30. The van der Waals surface area contributed by atoms with Crippen molar-refractivity contribution in [3.63, 3.8) is 0 Å². The minimum Gasteiger partial charge on any atom is -0.296 e. The molecule has 2 aromatic rings. The summed E-state index contributed by atoms with van der Waals surface area (Å²) >= 11 is 0. The minimum atomic E-state index is 0.0104. The molecule has 0 fully saturated rings. The average Bonchev–Trinajstić information content (AvgIpc) is 2.61. The number of aromatic nitrogens is 2. The summed E-state index contributed by atoms with van der Waals surface area (Å²) in [5, 5.41) is 0. The summed E-state index contributed by atoms with van der Waals surface area (Å²) in [5.74, 6) is 0. The van der Waals surface area contributed by atoms with E-state index in [1.54, 1.807) is 15.3 Å². The van der Waals surface area contributed by atoms with Gasteiger partial charge in [-0.3, -0.25) is 9.13 Å². The topological polar surface area (TPSA) is 26.9 Å². The van der Waals surface area contributed by atoms with Gasteiger partial charge in [0.05, 0.1) is 5.69 Å². The fraction of sp³-hybridized carbons (Fsp3) is 0.250. The van der Waals surface area contributed by atoms with E-state index in [-0.39, 0.29) is 11.7 Å². The number of para-hydroxylation sites is 1. The van der Waals surface area contributed by atoms with Crippen LogP contribution in [0.5, 0.6) is 0 Å². The van der Waals surface area contributed by atoms with Gasteiger partial charge >= 0.3 is 5.69 Å². The Hall–Kier alpha value is -1.77. The van der Waals surface area contributed by atoms with Crippen LogP contribution < -0.4 is 5.69 Å². The number of benzene rings is 1. The van der Waals surface area contributed by atoms with E-state index in [1.807, 2.05) is 50.4 Å². The van der Waals surface area contributed by atoms with Crippen molar-refractivity contribution in [3.05, 3.63) is 53.2 Å². The largest absolute Gasteiger partial charge is 0.332 e. The summed E-state index contributed by atoms with van der Waals surface area (Å²) < 4.78 is 3.37. The van der Waals surface area contributed by atoms with Gasteiger partial charge in [-0.05, 0) is 26.0 Å². The normalized spacial score (nSPS) is 10.9. The quantitative estimate of drug-likeness (QED) is 0.733. The first kappa shape index (κ1) is 9.77. The Morgan fingerprint density at radius 3 is 2.27 bits per heavy atom. The molecule has 1 aromatic heterocycles. The number of imidazole rings is 1. The van der Waals surface area contributed by atoms with Gasteiger partial charge in [0.1, 0.15) is 0 Å². The van der Waals surface area contributed by atoms with Gasteiger partial charge in [-0.1, -0.05) is 18.2 Å². The lowest BCUT2D eigenvalue weighted by Crippen LogP contribution is -2.24. The van der Waals surface area contributed by atoms with E-state index >= 15 is 0 Å². The van der Waals surface area contributed by atoms with Gasteiger partial charge in [0, 0.05) is 18.4 Å². The molecule has 1 heterocycles. The predicted octanol–water partition coefficient (Wildman–Crippen LogP) is 2.22. The molecule has 0 aliphatic carbocycles. The van der Waals surface area contributed by atoms with Crippen molar-refractivity contribution >= 4 is 0 Å². The van der Waals surface area contributed by atoms with Crippen LogP contribution in [0.25, 0.3) is 5.69 Å². The van der Waals surface area contributed by atoms with Crippen molar-refractivity contribution in [2.75, 3.05) is 0 Å². The minimum absolute atomic E-state index is 0.0104. The lowest BCUT2D eigenvalue weighted by molar-refractivity contribution is 0.574. The van der Waals surface area contributed by atoms with Gasteiger partial charge in [-0.25, -0.2) is 4.79 Å². The molecule has 0 saturated carbocycles. The van der Waals surface area contributed by atoms with Gasteiger partial charge in [-0.2, -0.15) is 0 Å². The lowest BCUT2D eigenvalue weighted by atomic mass is 10.3. The van der Waals surface area contributed by atoms with Gasteiger partial charge in [0.2, 0.25) is 0 Å². The standard InChI is InChI=1S/C12H14N2O/c1-10(2)13-8-9-14(12(13)15)11-6-4-3-5-7-11/h3-10H,1-2H3. The fourth-order valence-electron chi connectivity index (χ4n) is 1.57. The molecule has 0 radical (unpaired) electrons. The van der Waals surface area contributed by atoms with E-state index in [2.05, 4.69) is 0 Å². The Labute approximate surface area is 88.6 Å². The van der Waals surface area contributed by atoms with Crippen LogP contribution in [0, 0.1) is 0 Å². The number of rotatable bonds is 2. The molecule has 0 N–H and O–H groups in total. The second kappa shape index (κ2) is 3.77. The molecule has 2 rings (SSSR count). The summed E-state index contributed by atoms with van der Waals surface area (Å²) in [5.41, 5.74) is 0.915. The van der Waals surface area contributed by atoms with E-state index in [0.29, 0.717) is 0 Å². The molecule has 3 nitrogen and oxygen atoms in total. The Bertz CT molecular complexity index is 494. The lowest BCUT2D eigenvalue weighted by Gasteiger charge is -2.04. The Balaban J connectivity index is 2.52. The molecule has 0 saturated heterocycles. The molecule has 0 bridgehead atoms. The summed E-state index contributed by atoms with van der Waals surface area (Å²) in [6.45, 7) is 3.99. The molecule has 0 spiro atoms. The van der Waals surface area contributed by atoms with E-state index in [1.165, 1.54) is 0 Å². The van der Waals surface area contributed by atoms with Crippen LogP contribution in [0.15, 0.2) is 47.5 Å². The van der Waals surface area contributed by atoms with Gasteiger partial charge in [-0.15, -0.1) is 0 Å². The molecule has 3 heteroatoms. The smallest absolute Gasteiger partial charge is 0.296 e. The van der Waals surface area contributed by atoms with Crippen molar-refractivity contribution in [2.24, 2.45) is 0 Å². The molecule has 1 aromatic carbocycles. The molecule has 15 heavy (non-hydrogen) atoms. The van der Waals surface area contributed by atoms with Crippen molar-refractivity contribution < 1.29 is 0 Å². The van der Waals surface area contributed by atoms with Gasteiger partial charge < -0.3 is 0 Å². The van der Waals surface area contributed by atoms with Gasteiger partial charge in [0.15, 0.2) is 0 Å². The molecule has 0 aliphatic rings. The van der Waals surface area contributed by atoms with Crippen molar-refractivity contribution in [1.82, 2.24) is 9.13 Å². The van der Waals surface area contributed by atoms with Crippen LogP contribution in [0.3, 0.4) is 0 Å². The highest BCUT2D eigenvalue weighted by atomic mass is 16.1. The first-order chi connectivity index (χ1) is 7.20. The summed E-state index contributed by atoms with van der Waals surface area (Å²) in [4.78, 5) is 11.9. The number of hydrogen-bond donors (Lipinski definition) is 0. The zero-order valence-electron chi connectivity index (χ0n) is 8.92. The fourth-order valence-corrected chi connectivity index (χ4v) is 1.57. The monoisotopic (exact) mass is 202 g/mol. The number of hydrogen-bond acceptors (Lipinski definition) is 1. The maximum atomic E-state index is 11.9. The Kier molecular flexibility index (Phi) is 2.46. The molecule has 0 amide bonds. The van der Waals surface area contributed by atoms with Crippen LogP contribution in [-0.4, -0.2) is 9.13 Å². The maximum Gasteiger partial charge on any atom is 0.332 e. The van der Waals surface area contributed by atoms with E-state index in [4.69, 9.17) is 0 Å². The van der Waals surface area contributed by atoms with Crippen LogP contribution >= 0.6 is 0 Å². The predicted molar refractivity (Wildman–Crippen MR) is 60.4 cm³/mol. The highest BCUT2D eigenvalue weighted by Gasteiger charge is 2.06. The third kappa shape index (κ3) is 1.73. The molecular weight excluding hydrogens is 188 g/mol. The second-order valence-corrected chi connectivity index (χ2v) is 3.79. The van der Waals surface area contributed by atoms with E-state index < -0.39 is 0 Å². The molecule has 78 valence electrons. The van der Waals surface area contributed by atoms with Crippen molar-refractivity contribution in [2.45, 2.75) is 19.9 Å². The SMILES string of the molecule is CC(C)n1ccn(-c2ccccc2)c1=O. The average molecular weight is 202 g/mol. The third-order valence-electron chi connectivity index (χ3n) is 2.39. The van der Waals surface area contributed by atoms with Crippen molar-refractivity contribution in [1.29, 1.82) is 0 Å². The third-order valence-corrected chi connectivity index (χ3v) is 2.39. The first-order valence-corrected chi connectivity index (χ1v) is 5.05. The van der Waals surface area contributed by atoms with Crippen LogP contribution in [0.4, 0.5) is 0 Å². The van der Waals surface area contributed by atoms with Gasteiger partial charge in [0.25, 0.3) is 0 Å². The zero-order chi connectivity index (χ0) is 10.8.